The van der Waals surface area contributed by atoms with E-state index in [2.05, 4.69) is 20.7 Å². The van der Waals surface area contributed by atoms with Crippen molar-refractivity contribution >= 4 is 15.9 Å². The highest BCUT2D eigenvalue weighted by Gasteiger charge is 2.03. The van der Waals surface area contributed by atoms with Crippen molar-refractivity contribution in [1.82, 2.24) is 4.57 Å². The first-order valence-electron chi connectivity index (χ1n) is 3.86. The fourth-order valence-electron chi connectivity index (χ4n) is 0.924. The Bertz CT molecular complexity index is 353. The van der Waals surface area contributed by atoms with Crippen molar-refractivity contribution in [1.29, 1.82) is 0 Å². The Hall–Kier alpha value is -0.750. The summed E-state index contributed by atoms with van der Waals surface area (Å²) in [5.41, 5.74) is -0.259. The largest absolute Gasteiger partial charge is 0.345 e. The molecule has 0 saturated carbocycles. The number of hydrogen-bond acceptors (Lipinski definition) is 2. The van der Waals surface area contributed by atoms with Gasteiger partial charge in [0.25, 0.3) is 5.56 Å². The van der Waals surface area contributed by atoms with Gasteiger partial charge in [-0.2, -0.15) is 8.78 Å². The van der Waals surface area contributed by atoms with Gasteiger partial charge in [0.2, 0.25) is 0 Å². The maximum atomic E-state index is 11.6. The van der Waals surface area contributed by atoms with Gasteiger partial charge in [-0.3, -0.25) is 4.79 Å². The lowest BCUT2D eigenvalue weighted by Gasteiger charge is -2.05. The molecule has 0 radical (unpaired) electrons. The fourth-order valence-corrected chi connectivity index (χ4v) is 1.30. The minimum Gasteiger partial charge on any atom is -0.321 e. The molecule has 0 atom stereocenters. The molecule has 1 rings (SSSR count). The highest BCUT2D eigenvalue weighted by Crippen LogP contribution is 2.01. The van der Waals surface area contributed by atoms with Crippen molar-refractivity contribution in [2.75, 3.05) is 6.61 Å². The molecule has 14 heavy (non-hydrogen) atoms. The molecule has 1 aromatic heterocycles. The third-order valence-corrected chi connectivity index (χ3v) is 2.15. The molecule has 0 aromatic carbocycles. The number of nitrogens with zero attached hydrogens (tertiary/aromatic N) is 1. The molecule has 6 heteroatoms. The number of aromatic nitrogens is 1. The van der Waals surface area contributed by atoms with E-state index in [1.54, 1.807) is 12.1 Å². The predicted octanol–water partition coefficient (Wildman–Crippen LogP) is 1.85. The van der Waals surface area contributed by atoms with Crippen LogP contribution in [0.5, 0.6) is 0 Å². The van der Waals surface area contributed by atoms with E-state index in [0.717, 1.165) is 0 Å². The Morgan fingerprint density at radius 1 is 1.57 bits per heavy atom. The van der Waals surface area contributed by atoms with E-state index in [9.17, 15) is 13.6 Å². The lowest BCUT2D eigenvalue weighted by Crippen LogP contribution is -2.22. The van der Waals surface area contributed by atoms with Gasteiger partial charge >= 0.3 is 6.61 Å². The molecule has 1 heterocycles. The summed E-state index contributed by atoms with van der Waals surface area (Å²) in [6.07, 6.45) is 1.52. The average molecular weight is 268 g/mol. The van der Waals surface area contributed by atoms with Gasteiger partial charge in [-0.05, 0) is 28.1 Å². The highest BCUT2D eigenvalue weighted by molar-refractivity contribution is 9.10. The van der Waals surface area contributed by atoms with Gasteiger partial charge in [-0.15, -0.1) is 0 Å². The van der Waals surface area contributed by atoms with Gasteiger partial charge in [0.15, 0.2) is 0 Å². The first-order valence-corrected chi connectivity index (χ1v) is 4.65. The number of rotatable bonds is 4. The second-order valence-electron chi connectivity index (χ2n) is 2.49. The number of pyridine rings is 1. The maximum Gasteiger partial charge on any atom is 0.345 e. The summed E-state index contributed by atoms with van der Waals surface area (Å²) in [5, 5.41) is 0. The van der Waals surface area contributed by atoms with Crippen LogP contribution in [-0.4, -0.2) is 17.8 Å². The van der Waals surface area contributed by atoms with Crippen LogP contribution in [-0.2, 0) is 11.3 Å². The van der Waals surface area contributed by atoms with Crippen LogP contribution < -0.4 is 5.56 Å². The van der Waals surface area contributed by atoms with Crippen LogP contribution in [0.25, 0.3) is 0 Å². The van der Waals surface area contributed by atoms with Gasteiger partial charge in [-0.1, -0.05) is 0 Å². The highest BCUT2D eigenvalue weighted by atomic mass is 79.9. The second-order valence-corrected chi connectivity index (χ2v) is 3.34. The minimum atomic E-state index is -2.79. The van der Waals surface area contributed by atoms with Crippen LogP contribution in [0.3, 0.4) is 0 Å². The Kier molecular flexibility index (Phi) is 4.21. The molecule has 0 fully saturated rings. The van der Waals surface area contributed by atoms with Crippen molar-refractivity contribution in [3.8, 4) is 0 Å². The molecule has 0 aliphatic heterocycles. The number of halogens is 3. The van der Waals surface area contributed by atoms with Crippen molar-refractivity contribution in [2.24, 2.45) is 0 Å². The number of ether oxygens (including phenoxy) is 1. The fraction of sp³-hybridized carbons (Fsp3) is 0.375. The second kappa shape index (κ2) is 5.21. The van der Waals surface area contributed by atoms with Gasteiger partial charge in [-0.25, -0.2) is 0 Å². The molecule has 0 spiro atoms. The van der Waals surface area contributed by atoms with E-state index < -0.39 is 6.61 Å². The van der Waals surface area contributed by atoms with Crippen LogP contribution in [0.1, 0.15) is 0 Å². The van der Waals surface area contributed by atoms with E-state index >= 15 is 0 Å². The average Bonchev–Trinajstić information content (AvgIpc) is 2.12. The topological polar surface area (TPSA) is 31.2 Å². The molecule has 0 unspecified atom stereocenters. The number of alkyl halides is 2. The van der Waals surface area contributed by atoms with E-state index in [1.165, 1.54) is 10.8 Å². The predicted molar refractivity (Wildman–Crippen MR) is 50.4 cm³/mol. The molecular formula is C8H8BrF2NO2. The quantitative estimate of drug-likeness (QED) is 0.834. The summed E-state index contributed by atoms with van der Waals surface area (Å²) in [5.74, 6) is 0. The Morgan fingerprint density at radius 2 is 2.29 bits per heavy atom. The first kappa shape index (κ1) is 11.3. The molecule has 0 amide bonds. The molecule has 0 aliphatic carbocycles. The summed E-state index contributed by atoms with van der Waals surface area (Å²) in [6, 6.07) is 3.24. The van der Waals surface area contributed by atoms with Crippen LogP contribution in [0, 0.1) is 0 Å². The van der Waals surface area contributed by atoms with Crippen LogP contribution >= 0.6 is 15.9 Å². The standard InChI is InChI=1S/C8H8BrF2NO2/c9-6-2-1-3-12(7(6)13)4-5-14-8(10)11/h1-3,8H,4-5H2. The molecule has 1 aromatic rings. The maximum absolute atomic E-state index is 11.6. The van der Waals surface area contributed by atoms with Gasteiger partial charge in [0.05, 0.1) is 11.1 Å². The minimum absolute atomic E-state index is 0.114. The lowest BCUT2D eigenvalue weighted by atomic mass is 10.4. The molecule has 78 valence electrons. The smallest absolute Gasteiger partial charge is 0.321 e. The number of hydrogen-bond donors (Lipinski definition) is 0. The van der Waals surface area contributed by atoms with E-state index in [0.29, 0.717) is 4.47 Å². The summed E-state index contributed by atoms with van der Waals surface area (Å²) < 4.78 is 28.9. The van der Waals surface area contributed by atoms with Crippen molar-refractivity contribution in [3.63, 3.8) is 0 Å². The zero-order valence-corrected chi connectivity index (χ0v) is 8.71. The van der Waals surface area contributed by atoms with Gasteiger partial charge in [0, 0.05) is 12.7 Å². The first-order chi connectivity index (χ1) is 6.61. The third kappa shape index (κ3) is 3.19. The molecule has 0 saturated heterocycles. The monoisotopic (exact) mass is 267 g/mol. The Labute approximate surface area is 87.4 Å². The normalized spacial score (nSPS) is 10.9. The zero-order valence-electron chi connectivity index (χ0n) is 7.12. The molecule has 0 bridgehead atoms. The molecule has 0 N–H and O–H groups in total. The zero-order chi connectivity index (χ0) is 10.6. The summed E-state index contributed by atoms with van der Waals surface area (Å²) in [7, 11) is 0. The van der Waals surface area contributed by atoms with Gasteiger partial charge in [0.1, 0.15) is 0 Å². The van der Waals surface area contributed by atoms with E-state index in [1.807, 2.05) is 0 Å². The third-order valence-electron chi connectivity index (χ3n) is 1.55. The Morgan fingerprint density at radius 3 is 2.93 bits per heavy atom. The van der Waals surface area contributed by atoms with Crippen LogP contribution in [0.4, 0.5) is 8.78 Å². The van der Waals surface area contributed by atoms with E-state index in [-0.39, 0.29) is 18.7 Å². The van der Waals surface area contributed by atoms with Crippen molar-refractivity contribution in [3.05, 3.63) is 33.2 Å². The van der Waals surface area contributed by atoms with Crippen molar-refractivity contribution in [2.45, 2.75) is 13.2 Å². The summed E-state index contributed by atoms with van der Waals surface area (Å²) in [4.78, 5) is 11.3. The van der Waals surface area contributed by atoms with Crippen molar-refractivity contribution < 1.29 is 13.5 Å². The summed E-state index contributed by atoms with van der Waals surface area (Å²) in [6.45, 7) is -2.87. The SMILES string of the molecule is O=c1c(Br)cccn1CCOC(F)F. The van der Waals surface area contributed by atoms with E-state index in [4.69, 9.17) is 0 Å². The molecular weight excluding hydrogens is 260 g/mol. The van der Waals surface area contributed by atoms with Crippen LogP contribution in [0.2, 0.25) is 0 Å². The molecule has 0 aliphatic rings. The summed E-state index contributed by atoms with van der Waals surface area (Å²) >= 11 is 3.04. The van der Waals surface area contributed by atoms with Crippen LogP contribution in [0.15, 0.2) is 27.6 Å². The molecule has 3 nitrogen and oxygen atoms in total. The lowest BCUT2D eigenvalue weighted by molar-refractivity contribution is -0.130. The van der Waals surface area contributed by atoms with Gasteiger partial charge < -0.3 is 9.30 Å². The Balaban J connectivity index is 2.59.